The smallest absolute Gasteiger partial charge is 0.0543 e. The summed E-state index contributed by atoms with van der Waals surface area (Å²) in [5, 5.41) is 2.64. The summed E-state index contributed by atoms with van der Waals surface area (Å²) in [5.74, 6) is 0. The van der Waals surface area contributed by atoms with E-state index in [4.69, 9.17) is 0 Å². The molecule has 2 heteroatoms. The third kappa shape index (κ3) is 6.11. The van der Waals surface area contributed by atoms with E-state index in [1.54, 1.807) is 0 Å². The van der Waals surface area contributed by atoms with E-state index in [0.717, 1.165) is 5.69 Å². The van der Waals surface area contributed by atoms with Crippen LogP contribution in [0.2, 0.25) is 0 Å². The van der Waals surface area contributed by atoms with Crippen molar-refractivity contribution in [1.82, 2.24) is 0 Å². The third-order valence-electron chi connectivity index (χ3n) is 11.5. The first-order chi connectivity index (χ1) is 27.3. The molecule has 0 bridgehead atoms. The molecule has 9 aromatic rings. The summed E-state index contributed by atoms with van der Waals surface area (Å²) in [4.78, 5) is 2.53. The molecule has 0 N–H and O–H groups in total. The Bertz CT molecular complexity index is 2880. The van der Waals surface area contributed by atoms with Crippen LogP contribution in [0, 0.1) is 20.8 Å². The molecule has 0 aliphatic heterocycles. The van der Waals surface area contributed by atoms with Crippen LogP contribution in [0.15, 0.2) is 182 Å². The van der Waals surface area contributed by atoms with E-state index >= 15 is 0 Å². The fourth-order valence-electron chi connectivity index (χ4n) is 8.69. The third-order valence-corrected chi connectivity index (χ3v) is 12.7. The van der Waals surface area contributed by atoms with E-state index in [0.29, 0.717) is 0 Å². The zero-order valence-corrected chi connectivity index (χ0v) is 33.5. The molecular weight excluding hydrogens is 695 g/mol. The molecule has 0 saturated heterocycles. The summed E-state index contributed by atoms with van der Waals surface area (Å²) in [6, 6.07) is 66.4. The van der Waals surface area contributed by atoms with Gasteiger partial charge in [-0.15, -0.1) is 11.3 Å². The maximum atomic E-state index is 2.53. The number of hydrogen-bond acceptors (Lipinski definition) is 2. The van der Waals surface area contributed by atoms with Crippen LogP contribution in [0.1, 0.15) is 41.7 Å². The molecule has 0 amide bonds. The Morgan fingerprint density at radius 1 is 0.446 bits per heavy atom. The second kappa shape index (κ2) is 14.5. The van der Waals surface area contributed by atoms with Crippen LogP contribution in [0.4, 0.5) is 17.1 Å². The minimum absolute atomic E-state index is 0.0995. The number of anilines is 3. The SMILES string of the molecule is Cc1ccccc1.Cc1ccccc1-c1c(C)cccc1N(c1cccc(-c2cccc3c2sc2ccccc23)c1)c1cccc2c1-c1ccccc1C2(C)C. The molecule has 56 heavy (non-hydrogen) atoms. The van der Waals surface area contributed by atoms with Gasteiger partial charge in [0.1, 0.15) is 0 Å². The van der Waals surface area contributed by atoms with Crippen molar-refractivity contribution < 1.29 is 0 Å². The number of aryl methyl sites for hydroxylation is 3. The Morgan fingerprint density at radius 3 is 1.82 bits per heavy atom. The van der Waals surface area contributed by atoms with Crippen LogP contribution in [-0.4, -0.2) is 0 Å². The average Bonchev–Trinajstić information content (AvgIpc) is 3.72. The maximum Gasteiger partial charge on any atom is 0.0543 e. The van der Waals surface area contributed by atoms with Gasteiger partial charge in [-0.3, -0.25) is 0 Å². The Kier molecular flexibility index (Phi) is 9.16. The molecule has 1 aliphatic carbocycles. The fourth-order valence-corrected chi connectivity index (χ4v) is 9.93. The normalized spacial score (nSPS) is 12.5. The molecule has 1 aliphatic rings. The molecule has 10 rings (SSSR count). The van der Waals surface area contributed by atoms with Gasteiger partial charge >= 0.3 is 0 Å². The zero-order chi connectivity index (χ0) is 38.4. The molecule has 0 unspecified atom stereocenters. The van der Waals surface area contributed by atoms with Crippen molar-refractivity contribution in [2.75, 3.05) is 4.90 Å². The van der Waals surface area contributed by atoms with Gasteiger partial charge in [-0.05, 0) is 95.6 Å². The Hall–Kier alpha value is -6.22. The van der Waals surface area contributed by atoms with Crippen molar-refractivity contribution in [1.29, 1.82) is 0 Å². The number of benzene rings is 8. The molecule has 0 radical (unpaired) electrons. The first-order valence-electron chi connectivity index (χ1n) is 19.5. The van der Waals surface area contributed by atoms with E-state index in [1.165, 1.54) is 92.7 Å². The van der Waals surface area contributed by atoms with Gasteiger partial charge in [-0.2, -0.15) is 0 Å². The van der Waals surface area contributed by atoms with Crippen LogP contribution >= 0.6 is 11.3 Å². The highest BCUT2D eigenvalue weighted by Crippen LogP contribution is 2.55. The van der Waals surface area contributed by atoms with E-state index in [1.807, 2.05) is 29.5 Å². The van der Waals surface area contributed by atoms with Crippen molar-refractivity contribution >= 4 is 48.6 Å². The maximum absolute atomic E-state index is 2.53. The lowest BCUT2D eigenvalue weighted by molar-refractivity contribution is 0.660. The zero-order valence-electron chi connectivity index (χ0n) is 32.7. The molecular formula is C54H45NS. The van der Waals surface area contributed by atoms with Gasteiger partial charge in [0, 0.05) is 42.4 Å². The van der Waals surface area contributed by atoms with Gasteiger partial charge < -0.3 is 4.90 Å². The van der Waals surface area contributed by atoms with E-state index in [2.05, 4.69) is 203 Å². The Morgan fingerprint density at radius 2 is 1.04 bits per heavy atom. The fraction of sp³-hybridized carbons (Fsp3) is 0.111. The molecule has 8 aromatic carbocycles. The quantitative estimate of drug-likeness (QED) is 0.170. The van der Waals surface area contributed by atoms with Gasteiger partial charge in [-0.1, -0.05) is 171 Å². The summed E-state index contributed by atoms with van der Waals surface area (Å²) >= 11 is 1.89. The lowest BCUT2D eigenvalue weighted by Gasteiger charge is -2.31. The van der Waals surface area contributed by atoms with Gasteiger partial charge in [0.25, 0.3) is 0 Å². The van der Waals surface area contributed by atoms with Crippen molar-refractivity contribution in [3.63, 3.8) is 0 Å². The summed E-state index contributed by atoms with van der Waals surface area (Å²) in [7, 11) is 0. The van der Waals surface area contributed by atoms with Gasteiger partial charge in [0.15, 0.2) is 0 Å². The number of rotatable bonds is 5. The predicted octanol–water partition coefficient (Wildman–Crippen LogP) is 15.8. The molecule has 272 valence electrons. The van der Waals surface area contributed by atoms with E-state index < -0.39 is 0 Å². The van der Waals surface area contributed by atoms with E-state index in [9.17, 15) is 0 Å². The Labute approximate surface area is 335 Å². The Balaban J connectivity index is 0.000000530. The van der Waals surface area contributed by atoms with Crippen molar-refractivity contribution in [2.45, 2.75) is 40.0 Å². The summed E-state index contributed by atoms with van der Waals surface area (Å²) in [6.07, 6.45) is 0. The van der Waals surface area contributed by atoms with Gasteiger partial charge in [0.2, 0.25) is 0 Å². The lowest BCUT2D eigenvalue weighted by Crippen LogP contribution is -2.16. The highest BCUT2D eigenvalue weighted by molar-refractivity contribution is 7.26. The molecule has 0 atom stereocenters. The van der Waals surface area contributed by atoms with Gasteiger partial charge in [0.05, 0.1) is 11.4 Å². The van der Waals surface area contributed by atoms with Crippen LogP contribution in [0.3, 0.4) is 0 Å². The second-order valence-electron chi connectivity index (χ2n) is 15.5. The second-order valence-corrected chi connectivity index (χ2v) is 16.5. The summed E-state index contributed by atoms with van der Waals surface area (Å²) < 4.78 is 2.66. The molecule has 0 spiro atoms. The number of fused-ring (bicyclic) bond motifs is 6. The highest BCUT2D eigenvalue weighted by Gasteiger charge is 2.38. The topological polar surface area (TPSA) is 3.24 Å². The highest BCUT2D eigenvalue weighted by atomic mass is 32.1. The lowest BCUT2D eigenvalue weighted by atomic mass is 9.82. The van der Waals surface area contributed by atoms with Crippen LogP contribution in [0.25, 0.3) is 53.6 Å². The minimum atomic E-state index is -0.0995. The van der Waals surface area contributed by atoms with Crippen LogP contribution in [-0.2, 0) is 5.41 Å². The first kappa shape index (κ1) is 35.5. The van der Waals surface area contributed by atoms with Crippen molar-refractivity contribution in [3.8, 4) is 33.4 Å². The minimum Gasteiger partial charge on any atom is -0.309 e. The molecule has 1 aromatic heterocycles. The van der Waals surface area contributed by atoms with Crippen LogP contribution < -0.4 is 4.90 Å². The standard InChI is InChI=1S/C47H37NS.C7H8/c1-30-15-5-6-19-34(30)44-31(2)16-11-26-41(44)48(42-27-14-25-40-45(42)38-21-7-9-24-39(38)47(40,3)4)33-18-12-17-32(29-33)35-22-13-23-37-36-20-8-10-28-43(36)49-46(35)37;1-7-5-3-2-4-6-7/h5-29H,1-4H3;2-6H,1H3. The van der Waals surface area contributed by atoms with Crippen molar-refractivity contribution in [2.24, 2.45) is 0 Å². The van der Waals surface area contributed by atoms with Crippen molar-refractivity contribution in [3.05, 3.63) is 210 Å². The number of hydrogen-bond donors (Lipinski definition) is 0. The number of nitrogens with zero attached hydrogens (tertiary/aromatic N) is 1. The summed E-state index contributed by atoms with van der Waals surface area (Å²) in [5.41, 5.74) is 17.7. The summed E-state index contributed by atoms with van der Waals surface area (Å²) in [6.45, 7) is 11.3. The molecule has 1 heterocycles. The predicted molar refractivity (Wildman–Crippen MR) is 243 cm³/mol. The van der Waals surface area contributed by atoms with Gasteiger partial charge in [-0.25, -0.2) is 0 Å². The average molecular weight is 740 g/mol. The molecule has 0 saturated carbocycles. The van der Waals surface area contributed by atoms with Crippen LogP contribution in [0.5, 0.6) is 0 Å². The molecule has 0 fully saturated rings. The monoisotopic (exact) mass is 739 g/mol. The van der Waals surface area contributed by atoms with E-state index in [-0.39, 0.29) is 5.41 Å². The number of thiophene rings is 1. The largest absolute Gasteiger partial charge is 0.309 e. The first-order valence-corrected chi connectivity index (χ1v) is 20.3. The molecule has 1 nitrogen and oxygen atoms in total.